The first-order chi connectivity index (χ1) is 7.52. The van der Waals surface area contributed by atoms with Crippen molar-refractivity contribution in [1.29, 1.82) is 0 Å². The van der Waals surface area contributed by atoms with Crippen molar-refractivity contribution in [3.63, 3.8) is 0 Å². The molecule has 0 atom stereocenters. The number of nitrogens with two attached hydrogens (primary N) is 1. The van der Waals surface area contributed by atoms with Gasteiger partial charge in [-0.15, -0.1) is 0 Å². The first kappa shape index (κ1) is 13.3. The number of benzene rings is 1. The summed E-state index contributed by atoms with van der Waals surface area (Å²) >= 11 is 11.7. The lowest BCUT2D eigenvalue weighted by Gasteiger charge is -2.14. The van der Waals surface area contributed by atoms with Gasteiger partial charge in [0.2, 0.25) is 12.1 Å². The van der Waals surface area contributed by atoms with Crippen molar-refractivity contribution in [3.05, 3.63) is 27.7 Å². The van der Waals surface area contributed by atoms with E-state index in [1.807, 2.05) is 0 Å². The minimum absolute atomic E-state index is 0.103. The van der Waals surface area contributed by atoms with Gasteiger partial charge in [-0.05, 0) is 12.1 Å². The Balaban J connectivity index is 3.22. The molecule has 0 amide bonds. The van der Waals surface area contributed by atoms with E-state index in [9.17, 15) is 4.79 Å². The Hall–Kier alpha value is -0.810. The highest BCUT2D eigenvalue weighted by molar-refractivity contribution is 6.44. The second kappa shape index (κ2) is 5.50. The van der Waals surface area contributed by atoms with Crippen molar-refractivity contribution in [3.8, 4) is 0 Å². The molecule has 1 aromatic carbocycles. The highest BCUT2D eigenvalue weighted by atomic mass is 35.5. The smallest absolute Gasteiger partial charge is 0.222 e. The molecule has 0 heterocycles. The molecule has 88 valence electrons. The summed E-state index contributed by atoms with van der Waals surface area (Å²) in [5, 5.41) is 0.357. The summed E-state index contributed by atoms with van der Waals surface area (Å²) in [6.07, 6.45) is -1.04. The SMILES string of the molecule is COC(OC)C(=O)c1c(N)ccc(Cl)c1Cl. The van der Waals surface area contributed by atoms with Crippen molar-refractivity contribution in [2.24, 2.45) is 0 Å². The number of rotatable bonds is 4. The molecule has 2 N–H and O–H groups in total. The van der Waals surface area contributed by atoms with E-state index >= 15 is 0 Å². The maximum atomic E-state index is 11.9. The van der Waals surface area contributed by atoms with E-state index in [0.717, 1.165) is 0 Å². The Kier molecular flexibility index (Phi) is 4.56. The molecule has 1 rings (SSSR count). The number of nitrogen functional groups attached to an aromatic ring is 1. The molecule has 0 spiro atoms. The van der Waals surface area contributed by atoms with E-state index in [1.54, 1.807) is 0 Å². The van der Waals surface area contributed by atoms with Gasteiger partial charge >= 0.3 is 0 Å². The molecule has 0 unspecified atom stereocenters. The minimum Gasteiger partial charge on any atom is -0.398 e. The standard InChI is InChI=1S/C10H11Cl2NO3/c1-15-10(16-2)9(14)7-6(13)4-3-5(11)8(7)12/h3-4,10H,13H2,1-2H3. The van der Waals surface area contributed by atoms with Gasteiger partial charge in [-0.3, -0.25) is 4.79 Å². The number of anilines is 1. The van der Waals surface area contributed by atoms with Crippen molar-refractivity contribution < 1.29 is 14.3 Å². The summed E-state index contributed by atoms with van der Waals surface area (Å²) in [5.74, 6) is -0.463. The molecular weight excluding hydrogens is 253 g/mol. The largest absolute Gasteiger partial charge is 0.398 e. The number of Topliss-reactive ketones (excluding diaryl/α,β-unsaturated/α-hetero) is 1. The van der Waals surface area contributed by atoms with Gasteiger partial charge in [-0.2, -0.15) is 0 Å². The zero-order chi connectivity index (χ0) is 12.3. The zero-order valence-electron chi connectivity index (χ0n) is 8.79. The second-order valence-corrected chi connectivity index (χ2v) is 3.78. The predicted molar refractivity (Wildman–Crippen MR) is 63.0 cm³/mol. The Labute approximate surface area is 103 Å². The third kappa shape index (κ3) is 2.47. The number of carbonyl (C=O) groups excluding carboxylic acids is 1. The first-order valence-corrected chi connectivity index (χ1v) is 5.11. The molecule has 0 bridgehead atoms. The first-order valence-electron chi connectivity index (χ1n) is 4.36. The maximum absolute atomic E-state index is 11.9. The third-order valence-electron chi connectivity index (χ3n) is 2.02. The van der Waals surface area contributed by atoms with Gasteiger partial charge in [0.15, 0.2) is 0 Å². The van der Waals surface area contributed by atoms with Crippen LogP contribution >= 0.6 is 23.2 Å². The van der Waals surface area contributed by atoms with Crippen LogP contribution in [0.15, 0.2) is 12.1 Å². The number of ketones is 1. The van der Waals surface area contributed by atoms with Crippen LogP contribution in [0.3, 0.4) is 0 Å². The second-order valence-electron chi connectivity index (χ2n) is 2.99. The van der Waals surface area contributed by atoms with E-state index in [-0.39, 0.29) is 21.3 Å². The van der Waals surface area contributed by atoms with E-state index < -0.39 is 12.1 Å². The summed E-state index contributed by atoms with van der Waals surface area (Å²) in [5.41, 5.74) is 6.01. The van der Waals surface area contributed by atoms with Crippen LogP contribution in [0.4, 0.5) is 5.69 Å². The Morgan fingerprint density at radius 2 is 1.88 bits per heavy atom. The molecule has 0 saturated carbocycles. The average molecular weight is 264 g/mol. The van der Waals surface area contributed by atoms with E-state index in [0.29, 0.717) is 0 Å². The number of halogens is 2. The number of hydrogen-bond acceptors (Lipinski definition) is 4. The fraction of sp³-hybridized carbons (Fsp3) is 0.300. The molecule has 4 nitrogen and oxygen atoms in total. The third-order valence-corrected chi connectivity index (χ3v) is 2.82. The van der Waals surface area contributed by atoms with Crippen molar-refractivity contribution in [1.82, 2.24) is 0 Å². The molecule has 16 heavy (non-hydrogen) atoms. The van der Waals surface area contributed by atoms with Crippen LogP contribution in [-0.2, 0) is 9.47 Å². The molecule has 0 aromatic heterocycles. The van der Waals surface area contributed by atoms with Crippen LogP contribution in [0.25, 0.3) is 0 Å². The van der Waals surface area contributed by atoms with Crippen molar-refractivity contribution in [2.45, 2.75) is 6.29 Å². The molecule has 0 aliphatic carbocycles. The van der Waals surface area contributed by atoms with Gasteiger partial charge in [0, 0.05) is 19.9 Å². The number of methoxy groups -OCH3 is 2. The molecule has 0 aliphatic rings. The number of ether oxygens (including phenoxy) is 2. The lowest BCUT2D eigenvalue weighted by Crippen LogP contribution is -2.26. The summed E-state index contributed by atoms with van der Waals surface area (Å²) in [6, 6.07) is 3.02. The van der Waals surface area contributed by atoms with E-state index in [1.165, 1.54) is 26.4 Å². The van der Waals surface area contributed by atoms with Gasteiger partial charge in [0.25, 0.3) is 0 Å². The summed E-state index contributed by atoms with van der Waals surface area (Å²) in [4.78, 5) is 11.9. The number of hydrogen-bond donors (Lipinski definition) is 1. The Bertz CT molecular complexity index is 405. The lowest BCUT2D eigenvalue weighted by molar-refractivity contribution is -0.0741. The van der Waals surface area contributed by atoms with Gasteiger partial charge in [-0.25, -0.2) is 0 Å². The monoisotopic (exact) mass is 263 g/mol. The van der Waals surface area contributed by atoms with Gasteiger partial charge in [-0.1, -0.05) is 23.2 Å². The van der Waals surface area contributed by atoms with Crippen molar-refractivity contribution >= 4 is 34.7 Å². The average Bonchev–Trinajstić information content (AvgIpc) is 2.26. The Morgan fingerprint density at radius 3 is 2.38 bits per heavy atom. The van der Waals surface area contributed by atoms with Gasteiger partial charge in [0.1, 0.15) is 0 Å². The molecule has 1 aromatic rings. The minimum atomic E-state index is -1.04. The quantitative estimate of drug-likeness (QED) is 0.515. The van der Waals surface area contributed by atoms with Crippen LogP contribution in [0, 0.1) is 0 Å². The van der Waals surface area contributed by atoms with Crippen LogP contribution in [0.1, 0.15) is 10.4 Å². The summed E-state index contributed by atoms with van der Waals surface area (Å²) in [6.45, 7) is 0. The van der Waals surface area contributed by atoms with Crippen LogP contribution < -0.4 is 5.73 Å². The molecular formula is C10H11Cl2NO3. The molecule has 0 saturated heterocycles. The highest BCUT2D eigenvalue weighted by Crippen LogP contribution is 2.31. The van der Waals surface area contributed by atoms with Crippen LogP contribution in [0.2, 0.25) is 10.0 Å². The zero-order valence-corrected chi connectivity index (χ0v) is 10.3. The molecule has 0 fully saturated rings. The van der Waals surface area contributed by atoms with Gasteiger partial charge < -0.3 is 15.2 Å². The molecule has 0 radical (unpaired) electrons. The fourth-order valence-corrected chi connectivity index (χ4v) is 1.67. The maximum Gasteiger partial charge on any atom is 0.222 e. The molecule has 0 aliphatic heterocycles. The lowest BCUT2D eigenvalue weighted by atomic mass is 10.1. The Morgan fingerprint density at radius 1 is 1.31 bits per heavy atom. The summed E-state index contributed by atoms with van der Waals surface area (Å²) in [7, 11) is 2.70. The van der Waals surface area contributed by atoms with E-state index in [2.05, 4.69) is 0 Å². The summed E-state index contributed by atoms with van der Waals surface area (Å²) < 4.78 is 9.67. The molecule has 6 heteroatoms. The number of carbonyl (C=O) groups is 1. The van der Waals surface area contributed by atoms with Crippen LogP contribution in [-0.4, -0.2) is 26.3 Å². The fourth-order valence-electron chi connectivity index (χ4n) is 1.24. The highest BCUT2D eigenvalue weighted by Gasteiger charge is 2.24. The van der Waals surface area contributed by atoms with Crippen LogP contribution in [0.5, 0.6) is 0 Å². The topological polar surface area (TPSA) is 61.5 Å². The normalized spacial score (nSPS) is 10.8. The predicted octanol–water partition coefficient (Wildman–Crippen LogP) is 2.38. The van der Waals surface area contributed by atoms with Gasteiger partial charge in [0.05, 0.1) is 15.6 Å². The van der Waals surface area contributed by atoms with E-state index in [4.69, 9.17) is 38.4 Å². The van der Waals surface area contributed by atoms with Crippen molar-refractivity contribution in [2.75, 3.05) is 20.0 Å².